The van der Waals surface area contributed by atoms with Crippen LogP contribution in [0.15, 0.2) is 53.7 Å². The second kappa shape index (κ2) is 8.76. The molecule has 0 aliphatic carbocycles. The van der Waals surface area contributed by atoms with Crippen molar-refractivity contribution in [2.24, 2.45) is 0 Å². The molecule has 1 aliphatic heterocycles. The summed E-state index contributed by atoms with van der Waals surface area (Å²) in [5.41, 5.74) is 3.49. The maximum absolute atomic E-state index is 12.9. The number of anilines is 2. The molecule has 1 amide bonds. The first-order chi connectivity index (χ1) is 15.6. The second-order valence-corrected chi connectivity index (χ2v) is 9.01. The Morgan fingerprint density at radius 1 is 1.09 bits per heavy atom. The Morgan fingerprint density at radius 3 is 2.62 bits per heavy atom. The Bertz CT molecular complexity index is 1270. The van der Waals surface area contributed by atoms with Gasteiger partial charge >= 0.3 is 0 Å². The number of amides is 1. The number of aromatic nitrogens is 4. The summed E-state index contributed by atoms with van der Waals surface area (Å²) in [7, 11) is 0. The number of rotatable bonds is 5. The predicted molar refractivity (Wildman–Crippen MR) is 126 cm³/mol. The van der Waals surface area contributed by atoms with Crippen LogP contribution in [-0.4, -0.2) is 57.0 Å². The molecule has 164 valence electrons. The van der Waals surface area contributed by atoms with E-state index < -0.39 is 0 Å². The van der Waals surface area contributed by atoms with Gasteiger partial charge in [0.25, 0.3) is 0 Å². The number of fused-ring (bicyclic) bond motifs is 3. The van der Waals surface area contributed by atoms with E-state index in [2.05, 4.69) is 20.3 Å². The standard InChI is InChI=1S/C23H24N6O2S/c1-15(22(30)25-17-7-9-18(10-8-17)28-11-13-31-14-12-28)32-23-26-20-6-4-3-5-19(20)21-24-16(2)27-29(21)23/h3-10,15H,11-14H2,1-2H3,(H,25,30). The van der Waals surface area contributed by atoms with Crippen molar-refractivity contribution < 1.29 is 9.53 Å². The first-order valence-electron chi connectivity index (χ1n) is 10.6. The molecule has 1 saturated heterocycles. The van der Waals surface area contributed by atoms with E-state index in [1.807, 2.05) is 62.4 Å². The van der Waals surface area contributed by atoms with E-state index in [4.69, 9.17) is 9.72 Å². The van der Waals surface area contributed by atoms with Crippen molar-refractivity contribution >= 4 is 45.6 Å². The lowest BCUT2D eigenvalue weighted by Gasteiger charge is -2.28. The topological polar surface area (TPSA) is 84.7 Å². The summed E-state index contributed by atoms with van der Waals surface area (Å²) >= 11 is 1.37. The lowest BCUT2D eigenvalue weighted by molar-refractivity contribution is -0.115. The molecule has 0 spiro atoms. The Morgan fingerprint density at radius 2 is 1.84 bits per heavy atom. The fourth-order valence-electron chi connectivity index (χ4n) is 3.74. The van der Waals surface area contributed by atoms with E-state index in [1.54, 1.807) is 4.52 Å². The molecule has 1 aliphatic rings. The lowest BCUT2D eigenvalue weighted by Crippen LogP contribution is -2.36. The summed E-state index contributed by atoms with van der Waals surface area (Å²) in [4.78, 5) is 24.5. The largest absolute Gasteiger partial charge is 0.378 e. The van der Waals surface area contributed by atoms with Gasteiger partial charge in [-0.2, -0.15) is 4.52 Å². The third kappa shape index (κ3) is 4.13. The number of benzene rings is 2. The van der Waals surface area contributed by atoms with Crippen molar-refractivity contribution in [2.75, 3.05) is 36.5 Å². The van der Waals surface area contributed by atoms with Gasteiger partial charge in [0.05, 0.1) is 24.0 Å². The molecule has 8 nitrogen and oxygen atoms in total. The molecule has 0 saturated carbocycles. The van der Waals surface area contributed by atoms with Gasteiger partial charge in [-0.15, -0.1) is 5.10 Å². The molecule has 0 radical (unpaired) electrons. The van der Waals surface area contributed by atoms with Crippen LogP contribution < -0.4 is 10.2 Å². The fraction of sp³-hybridized carbons (Fsp3) is 0.304. The zero-order valence-corrected chi connectivity index (χ0v) is 18.8. The molecular weight excluding hydrogens is 424 g/mol. The monoisotopic (exact) mass is 448 g/mol. The van der Waals surface area contributed by atoms with Gasteiger partial charge in [0.15, 0.2) is 10.8 Å². The van der Waals surface area contributed by atoms with Crippen LogP contribution in [0.2, 0.25) is 0 Å². The van der Waals surface area contributed by atoms with E-state index >= 15 is 0 Å². The molecule has 32 heavy (non-hydrogen) atoms. The van der Waals surface area contributed by atoms with Crippen molar-refractivity contribution in [1.29, 1.82) is 0 Å². The number of carbonyl (C=O) groups is 1. The summed E-state index contributed by atoms with van der Waals surface area (Å²) in [5.74, 6) is 0.580. The maximum atomic E-state index is 12.9. The number of ether oxygens (including phenoxy) is 1. The summed E-state index contributed by atoms with van der Waals surface area (Å²) in [6.07, 6.45) is 0. The van der Waals surface area contributed by atoms with Crippen LogP contribution in [0, 0.1) is 6.92 Å². The molecule has 2 aromatic carbocycles. The summed E-state index contributed by atoms with van der Waals surface area (Å²) < 4.78 is 7.13. The van der Waals surface area contributed by atoms with Crippen molar-refractivity contribution in [1.82, 2.24) is 19.6 Å². The molecule has 1 unspecified atom stereocenters. The summed E-state index contributed by atoms with van der Waals surface area (Å²) in [5, 5.41) is 8.71. The normalized spacial score (nSPS) is 15.2. The van der Waals surface area contributed by atoms with Crippen LogP contribution >= 0.6 is 11.8 Å². The number of para-hydroxylation sites is 1. The van der Waals surface area contributed by atoms with Gasteiger partial charge in [-0.1, -0.05) is 23.9 Å². The highest BCUT2D eigenvalue weighted by Gasteiger charge is 2.20. The third-order valence-electron chi connectivity index (χ3n) is 5.42. The van der Waals surface area contributed by atoms with Crippen molar-refractivity contribution in [2.45, 2.75) is 24.3 Å². The van der Waals surface area contributed by atoms with Crippen molar-refractivity contribution in [3.05, 3.63) is 54.4 Å². The maximum Gasteiger partial charge on any atom is 0.237 e. The Labute approximate surface area is 190 Å². The molecule has 1 fully saturated rings. The number of hydrogen-bond donors (Lipinski definition) is 1. The van der Waals surface area contributed by atoms with Crippen LogP contribution in [0.5, 0.6) is 0 Å². The number of aryl methyl sites for hydroxylation is 1. The average Bonchev–Trinajstić information content (AvgIpc) is 3.22. The molecule has 1 N–H and O–H groups in total. The van der Waals surface area contributed by atoms with Gasteiger partial charge in [-0.3, -0.25) is 4.79 Å². The van der Waals surface area contributed by atoms with E-state index in [0.717, 1.165) is 54.2 Å². The third-order valence-corrected chi connectivity index (χ3v) is 6.46. The Balaban J connectivity index is 1.32. The highest BCUT2D eigenvalue weighted by Crippen LogP contribution is 2.27. The van der Waals surface area contributed by atoms with Crippen LogP contribution in [-0.2, 0) is 9.53 Å². The number of morpholine rings is 1. The molecule has 3 heterocycles. The van der Waals surface area contributed by atoms with Crippen LogP contribution in [0.1, 0.15) is 12.7 Å². The molecule has 9 heteroatoms. The predicted octanol–water partition coefficient (Wildman–Crippen LogP) is 3.54. The van der Waals surface area contributed by atoms with E-state index in [0.29, 0.717) is 11.0 Å². The van der Waals surface area contributed by atoms with Crippen molar-refractivity contribution in [3.63, 3.8) is 0 Å². The van der Waals surface area contributed by atoms with E-state index in [1.165, 1.54) is 11.8 Å². The quantitative estimate of drug-likeness (QED) is 0.369. The van der Waals surface area contributed by atoms with E-state index in [9.17, 15) is 4.79 Å². The number of thioether (sulfide) groups is 1. The fourth-order valence-corrected chi connectivity index (χ4v) is 4.60. The number of hydrogen-bond acceptors (Lipinski definition) is 7. The average molecular weight is 449 g/mol. The zero-order chi connectivity index (χ0) is 22.1. The molecule has 4 aromatic rings. The van der Waals surface area contributed by atoms with Crippen LogP contribution in [0.25, 0.3) is 16.6 Å². The molecule has 1 atom stereocenters. The second-order valence-electron chi connectivity index (χ2n) is 7.70. The molecular formula is C23H24N6O2S. The Hall–Kier alpha value is -3.17. The van der Waals surface area contributed by atoms with Gasteiger partial charge in [-0.05, 0) is 50.2 Å². The van der Waals surface area contributed by atoms with Gasteiger partial charge < -0.3 is 15.0 Å². The Kier molecular flexibility index (Phi) is 5.67. The van der Waals surface area contributed by atoms with Gasteiger partial charge in [-0.25, -0.2) is 9.97 Å². The lowest BCUT2D eigenvalue weighted by atomic mass is 10.2. The van der Waals surface area contributed by atoms with Crippen LogP contribution in [0.3, 0.4) is 0 Å². The minimum Gasteiger partial charge on any atom is -0.378 e. The minimum atomic E-state index is -0.365. The van der Waals surface area contributed by atoms with E-state index in [-0.39, 0.29) is 11.2 Å². The highest BCUT2D eigenvalue weighted by atomic mass is 32.2. The number of nitrogens with one attached hydrogen (secondary N) is 1. The SMILES string of the molecule is Cc1nc2c3ccccc3nc(SC(C)C(=O)Nc3ccc(N4CCOCC4)cc3)n2n1. The highest BCUT2D eigenvalue weighted by molar-refractivity contribution is 8.00. The summed E-state index contributed by atoms with van der Waals surface area (Å²) in [6.45, 7) is 6.98. The first kappa shape index (κ1) is 20.7. The van der Waals surface area contributed by atoms with Gasteiger partial charge in [0.2, 0.25) is 5.91 Å². The minimum absolute atomic E-state index is 0.0888. The molecule has 2 aromatic heterocycles. The van der Waals surface area contributed by atoms with Crippen molar-refractivity contribution in [3.8, 4) is 0 Å². The number of nitrogens with zero attached hydrogens (tertiary/aromatic N) is 5. The number of carbonyl (C=O) groups excluding carboxylic acids is 1. The van der Waals surface area contributed by atoms with Gasteiger partial charge in [0.1, 0.15) is 5.82 Å². The molecule has 5 rings (SSSR count). The first-order valence-corrected chi connectivity index (χ1v) is 11.5. The van der Waals surface area contributed by atoms with Crippen LogP contribution in [0.4, 0.5) is 11.4 Å². The zero-order valence-electron chi connectivity index (χ0n) is 18.0. The smallest absolute Gasteiger partial charge is 0.237 e. The molecule has 0 bridgehead atoms. The summed E-state index contributed by atoms with van der Waals surface area (Å²) in [6, 6.07) is 15.8. The van der Waals surface area contributed by atoms with Gasteiger partial charge in [0, 0.05) is 29.9 Å².